The zero-order valence-corrected chi connectivity index (χ0v) is 20.5. The van der Waals surface area contributed by atoms with Gasteiger partial charge in [0.25, 0.3) is 0 Å². The van der Waals surface area contributed by atoms with E-state index in [0.717, 1.165) is 0 Å². The monoisotopic (exact) mass is 476 g/mol. The van der Waals surface area contributed by atoms with Crippen LogP contribution in [-0.4, -0.2) is 0 Å². The predicted octanol–water partition coefficient (Wildman–Crippen LogP) is 10.9. The Hall–Kier alpha value is -4.94. The van der Waals surface area contributed by atoms with Gasteiger partial charge >= 0.3 is 0 Å². The van der Waals surface area contributed by atoms with Crippen LogP contribution in [-0.2, 0) is 0 Å². The number of hydrogen-bond acceptors (Lipinski definition) is 0. The Bertz CT molecular complexity index is 2600. The topological polar surface area (TPSA) is 0 Å². The van der Waals surface area contributed by atoms with Gasteiger partial charge in [0, 0.05) is 0 Å². The Morgan fingerprint density at radius 2 is 0.711 bits per heavy atom. The van der Waals surface area contributed by atoms with Crippen molar-refractivity contribution in [3.63, 3.8) is 0 Å². The summed E-state index contributed by atoms with van der Waals surface area (Å²) < 4.78 is 0. The molecule has 0 saturated carbocycles. The summed E-state index contributed by atoms with van der Waals surface area (Å²) >= 11 is 0. The molecular weight excluding hydrogens is 456 g/mol. The molecule has 0 fully saturated rings. The van der Waals surface area contributed by atoms with E-state index in [4.69, 9.17) is 0 Å². The first-order valence-corrected chi connectivity index (χ1v) is 13.4. The third-order valence-corrected chi connectivity index (χ3v) is 9.07. The van der Waals surface area contributed by atoms with E-state index < -0.39 is 0 Å². The third kappa shape index (κ3) is 2.16. The quantitative estimate of drug-likeness (QED) is 0.191. The second-order valence-corrected chi connectivity index (χ2v) is 10.9. The average Bonchev–Trinajstić information content (AvgIpc) is 3.46. The van der Waals surface area contributed by atoms with Crippen LogP contribution in [0.25, 0.3) is 97.0 Å². The van der Waals surface area contributed by atoms with Gasteiger partial charge in [0.1, 0.15) is 0 Å². The lowest BCUT2D eigenvalue weighted by atomic mass is 9.94. The van der Waals surface area contributed by atoms with E-state index in [2.05, 4.69) is 121 Å². The lowest BCUT2D eigenvalue weighted by Gasteiger charge is -2.09. The van der Waals surface area contributed by atoms with E-state index in [1.54, 1.807) is 0 Å². The van der Waals surface area contributed by atoms with Crippen LogP contribution < -0.4 is 0 Å². The fraction of sp³-hybridized carbons (Fsp3) is 0. The van der Waals surface area contributed by atoms with Crippen molar-refractivity contribution in [2.24, 2.45) is 0 Å². The molecule has 0 aromatic heterocycles. The van der Waals surface area contributed by atoms with Crippen molar-refractivity contribution < 1.29 is 0 Å². The van der Waals surface area contributed by atoms with Gasteiger partial charge in [-0.1, -0.05) is 97.1 Å². The van der Waals surface area contributed by atoms with Gasteiger partial charge in [0.2, 0.25) is 0 Å². The maximum absolute atomic E-state index is 2.47. The molecule has 0 nitrogen and oxygen atoms in total. The van der Waals surface area contributed by atoms with E-state index in [-0.39, 0.29) is 0 Å². The van der Waals surface area contributed by atoms with Crippen LogP contribution in [0.15, 0.2) is 121 Å². The number of rotatable bonds is 0. The highest BCUT2D eigenvalue weighted by Gasteiger charge is 2.18. The molecular formula is C38H20. The van der Waals surface area contributed by atoms with E-state index >= 15 is 0 Å². The lowest BCUT2D eigenvalue weighted by molar-refractivity contribution is 1.80. The molecule has 0 radical (unpaired) electrons. The summed E-state index contributed by atoms with van der Waals surface area (Å²) in [5.74, 6) is 0. The van der Waals surface area contributed by atoms with Crippen LogP contribution in [0.1, 0.15) is 0 Å². The molecule has 0 unspecified atom stereocenters. The van der Waals surface area contributed by atoms with Gasteiger partial charge in [-0.05, 0) is 121 Å². The molecule has 10 aromatic carbocycles. The zero-order valence-electron chi connectivity index (χ0n) is 20.5. The first-order valence-electron chi connectivity index (χ1n) is 13.4. The van der Waals surface area contributed by atoms with Crippen LogP contribution >= 0.6 is 0 Å². The van der Waals surface area contributed by atoms with Crippen molar-refractivity contribution >= 4 is 97.0 Å². The molecule has 0 saturated heterocycles. The van der Waals surface area contributed by atoms with Crippen molar-refractivity contribution in [1.29, 1.82) is 0 Å². The van der Waals surface area contributed by atoms with E-state index in [1.807, 2.05) is 0 Å². The summed E-state index contributed by atoms with van der Waals surface area (Å²) in [6.45, 7) is 0. The summed E-state index contributed by atoms with van der Waals surface area (Å²) in [5.41, 5.74) is 0. The van der Waals surface area contributed by atoms with Gasteiger partial charge in [-0.2, -0.15) is 0 Å². The van der Waals surface area contributed by atoms with Gasteiger partial charge < -0.3 is 0 Å². The molecule has 0 aliphatic heterocycles. The number of hydrogen-bond donors (Lipinski definition) is 0. The molecule has 0 atom stereocenters. The zero-order chi connectivity index (χ0) is 24.5. The Labute approximate surface area is 218 Å². The van der Waals surface area contributed by atoms with Crippen molar-refractivity contribution in [3.8, 4) is 0 Å². The molecule has 0 aliphatic rings. The molecule has 38 heavy (non-hydrogen) atoms. The van der Waals surface area contributed by atoms with E-state index in [1.165, 1.54) is 97.0 Å². The van der Waals surface area contributed by atoms with Gasteiger partial charge in [0.15, 0.2) is 0 Å². The van der Waals surface area contributed by atoms with Crippen LogP contribution in [0, 0.1) is 0 Å². The lowest BCUT2D eigenvalue weighted by Crippen LogP contribution is -1.81. The van der Waals surface area contributed by atoms with Crippen LogP contribution in [0.2, 0.25) is 0 Å². The molecule has 10 rings (SSSR count). The fourth-order valence-electron chi connectivity index (χ4n) is 7.52. The van der Waals surface area contributed by atoms with Crippen molar-refractivity contribution in [3.05, 3.63) is 121 Å². The van der Waals surface area contributed by atoms with Gasteiger partial charge in [0.05, 0.1) is 0 Å². The fourth-order valence-corrected chi connectivity index (χ4v) is 7.52. The molecule has 0 heteroatoms. The highest BCUT2D eigenvalue weighted by Crippen LogP contribution is 2.47. The summed E-state index contributed by atoms with van der Waals surface area (Å²) in [6, 6.07) is 45.7. The van der Waals surface area contributed by atoms with Gasteiger partial charge in [-0.25, -0.2) is 0 Å². The SMILES string of the molecule is c1ccc2c(c1)ccc1cc3c4cc5c(cc4c4cccc(c12)c43)cc1c2ccccc2c2cccc5c21. The minimum Gasteiger partial charge on any atom is -0.0616 e. The molecule has 0 N–H and O–H groups in total. The van der Waals surface area contributed by atoms with Gasteiger partial charge in [-0.15, -0.1) is 0 Å². The molecule has 0 aliphatic carbocycles. The third-order valence-electron chi connectivity index (χ3n) is 9.07. The van der Waals surface area contributed by atoms with Gasteiger partial charge in [-0.3, -0.25) is 0 Å². The summed E-state index contributed by atoms with van der Waals surface area (Å²) in [7, 11) is 0. The number of benzene rings is 8. The van der Waals surface area contributed by atoms with Crippen LogP contribution in [0.4, 0.5) is 0 Å². The molecule has 172 valence electrons. The summed E-state index contributed by atoms with van der Waals surface area (Å²) in [6.07, 6.45) is 0. The highest BCUT2D eigenvalue weighted by molar-refractivity contribution is 6.40. The van der Waals surface area contributed by atoms with Crippen LogP contribution in [0.5, 0.6) is 0 Å². The Balaban J connectivity index is 1.45. The maximum Gasteiger partial charge on any atom is -0.00197 e. The molecule has 0 spiro atoms. The summed E-state index contributed by atoms with van der Waals surface area (Å²) in [5, 5.41) is 24.3. The molecule has 0 heterocycles. The summed E-state index contributed by atoms with van der Waals surface area (Å²) in [4.78, 5) is 0. The molecule has 10 aromatic rings. The van der Waals surface area contributed by atoms with Crippen LogP contribution in [0.3, 0.4) is 0 Å². The first kappa shape index (κ1) is 19.2. The second-order valence-electron chi connectivity index (χ2n) is 10.9. The van der Waals surface area contributed by atoms with E-state index in [9.17, 15) is 0 Å². The van der Waals surface area contributed by atoms with Crippen molar-refractivity contribution in [2.45, 2.75) is 0 Å². The van der Waals surface area contributed by atoms with Crippen molar-refractivity contribution in [2.75, 3.05) is 0 Å². The highest BCUT2D eigenvalue weighted by atomic mass is 14.2. The normalized spacial score (nSPS) is 12.7. The predicted molar refractivity (Wildman–Crippen MR) is 166 cm³/mol. The number of fused-ring (bicyclic) bond motifs is 12. The maximum atomic E-state index is 2.47. The molecule has 0 amide bonds. The molecule has 0 bridgehead atoms. The Morgan fingerprint density at radius 1 is 0.211 bits per heavy atom. The minimum absolute atomic E-state index is 1.30. The van der Waals surface area contributed by atoms with Crippen molar-refractivity contribution in [1.82, 2.24) is 0 Å². The van der Waals surface area contributed by atoms with E-state index in [0.29, 0.717) is 0 Å². The standard InChI is InChI=1S/C38H20/c1-2-8-24-21(7-1)15-16-22-17-35-33-20-31-23(18-32(33)29-13-6-14-30(36(22)24)38(29)35)19-34-26-10-4-3-9-25(26)27-11-5-12-28(31)37(27)34/h1-20H. The Kier molecular flexibility index (Phi) is 3.28. The minimum atomic E-state index is 1.30. The average molecular weight is 477 g/mol. The second kappa shape index (κ2) is 6.49. The smallest absolute Gasteiger partial charge is 0.00197 e. The first-order chi connectivity index (χ1) is 18.8. The Morgan fingerprint density at radius 3 is 1.55 bits per heavy atom. The largest absolute Gasteiger partial charge is 0.0616 e.